The largest absolute Gasteiger partial charge is 0.451 e. The molecule has 0 radical (unpaired) electrons. The molecule has 0 spiro atoms. The third-order valence-electron chi connectivity index (χ3n) is 3.44. The van der Waals surface area contributed by atoms with Crippen LogP contribution in [0.15, 0.2) is 33.2 Å². The van der Waals surface area contributed by atoms with Crippen molar-refractivity contribution in [1.82, 2.24) is 4.90 Å². The fourth-order valence-corrected chi connectivity index (χ4v) is 2.72. The summed E-state index contributed by atoms with van der Waals surface area (Å²) in [5.41, 5.74) is 0.712. The van der Waals surface area contributed by atoms with Crippen LogP contribution in [0.2, 0.25) is 0 Å². The Morgan fingerprint density at radius 2 is 2.05 bits per heavy atom. The number of amides is 1. The molecule has 0 unspecified atom stereocenters. The van der Waals surface area contributed by atoms with Crippen molar-refractivity contribution in [2.75, 3.05) is 13.1 Å². The van der Waals surface area contributed by atoms with Crippen LogP contribution in [-0.4, -0.2) is 35.1 Å². The van der Waals surface area contributed by atoms with Crippen molar-refractivity contribution in [2.24, 2.45) is 0 Å². The lowest BCUT2D eigenvalue weighted by Gasteiger charge is -2.28. The van der Waals surface area contributed by atoms with Gasteiger partial charge in [0, 0.05) is 22.9 Å². The van der Waals surface area contributed by atoms with Crippen molar-refractivity contribution in [1.29, 1.82) is 0 Å². The van der Waals surface area contributed by atoms with E-state index in [4.69, 9.17) is 4.42 Å². The standard InChI is InChI=1S/C14H14BrNO3/c15-10-1-2-12-9(7-10)8-13(19-12)14(18)16-5-3-11(17)4-6-16/h1-2,7-8,11,17H,3-6H2. The molecule has 2 heterocycles. The molecule has 5 heteroatoms. The molecular formula is C14H14BrNO3. The van der Waals surface area contributed by atoms with Gasteiger partial charge in [0.15, 0.2) is 5.76 Å². The number of aliphatic hydroxyl groups excluding tert-OH is 1. The highest BCUT2D eigenvalue weighted by Crippen LogP contribution is 2.24. The second-order valence-electron chi connectivity index (χ2n) is 4.82. The summed E-state index contributed by atoms with van der Waals surface area (Å²) >= 11 is 3.40. The van der Waals surface area contributed by atoms with Crippen LogP contribution < -0.4 is 0 Å². The summed E-state index contributed by atoms with van der Waals surface area (Å²) in [4.78, 5) is 14.0. The van der Waals surface area contributed by atoms with Crippen molar-refractivity contribution in [3.8, 4) is 0 Å². The molecule has 19 heavy (non-hydrogen) atoms. The number of hydrogen-bond donors (Lipinski definition) is 1. The van der Waals surface area contributed by atoms with Crippen LogP contribution in [0.5, 0.6) is 0 Å². The normalized spacial score (nSPS) is 17.1. The SMILES string of the molecule is O=C(c1cc2cc(Br)ccc2o1)N1CCC(O)CC1. The Hall–Kier alpha value is -1.33. The van der Waals surface area contributed by atoms with E-state index in [9.17, 15) is 9.90 Å². The number of rotatable bonds is 1. The molecule has 1 aliphatic heterocycles. The molecule has 4 nitrogen and oxygen atoms in total. The summed E-state index contributed by atoms with van der Waals surface area (Å²) < 4.78 is 6.55. The molecule has 1 aromatic carbocycles. The summed E-state index contributed by atoms with van der Waals surface area (Å²) in [7, 11) is 0. The van der Waals surface area contributed by atoms with Gasteiger partial charge < -0.3 is 14.4 Å². The lowest BCUT2D eigenvalue weighted by atomic mass is 10.1. The molecule has 1 aliphatic rings. The first-order chi connectivity index (χ1) is 9.13. The molecule has 1 saturated heterocycles. The number of piperidine rings is 1. The molecule has 100 valence electrons. The van der Waals surface area contributed by atoms with E-state index in [1.807, 2.05) is 18.2 Å². The fraction of sp³-hybridized carbons (Fsp3) is 0.357. The predicted molar refractivity (Wildman–Crippen MR) is 75.1 cm³/mol. The molecule has 0 aliphatic carbocycles. The van der Waals surface area contributed by atoms with Crippen molar-refractivity contribution in [3.05, 3.63) is 34.5 Å². The first-order valence-electron chi connectivity index (χ1n) is 6.30. The Kier molecular flexibility index (Phi) is 3.33. The maximum absolute atomic E-state index is 12.3. The van der Waals surface area contributed by atoms with E-state index in [0.717, 1.165) is 9.86 Å². The number of nitrogens with zero attached hydrogens (tertiary/aromatic N) is 1. The van der Waals surface area contributed by atoms with Gasteiger partial charge >= 0.3 is 0 Å². The molecule has 1 fully saturated rings. The highest BCUT2D eigenvalue weighted by molar-refractivity contribution is 9.10. The Morgan fingerprint density at radius 1 is 1.32 bits per heavy atom. The molecule has 1 aromatic heterocycles. The van der Waals surface area contributed by atoms with Gasteiger partial charge in [-0.15, -0.1) is 0 Å². The molecule has 1 N–H and O–H groups in total. The van der Waals surface area contributed by atoms with Crippen LogP contribution in [0.25, 0.3) is 11.0 Å². The Bertz CT molecular complexity index is 614. The van der Waals surface area contributed by atoms with Crippen LogP contribution in [0.1, 0.15) is 23.4 Å². The van der Waals surface area contributed by atoms with Crippen LogP contribution in [0.3, 0.4) is 0 Å². The summed E-state index contributed by atoms with van der Waals surface area (Å²) in [5, 5.41) is 10.4. The Balaban J connectivity index is 1.85. The van der Waals surface area contributed by atoms with E-state index in [1.54, 1.807) is 11.0 Å². The first-order valence-corrected chi connectivity index (χ1v) is 7.09. The molecule has 0 atom stereocenters. The quantitative estimate of drug-likeness (QED) is 0.878. The van der Waals surface area contributed by atoms with Gasteiger partial charge in [-0.3, -0.25) is 4.79 Å². The van der Waals surface area contributed by atoms with Gasteiger partial charge in [-0.1, -0.05) is 15.9 Å². The maximum Gasteiger partial charge on any atom is 0.289 e. The maximum atomic E-state index is 12.3. The van der Waals surface area contributed by atoms with E-state index >= 15 is 0 Å². The Labute approximate surface area is 119 Å². The van der Waals surface area contributed by atoms with Crippen molar-refractivity contribution < 1.29 is 14.3 Å². The van der Waals surface area contributed by atoms with Crippen LogP contribution in [-0.2, 0) is 0 Å². The third kappa shape index (κ3) is 2.53. The van der Waals surface area contributed by atoms with E-state index in [2.05, 4.69) is 15.9 Å². The summed E-state index contributed by atoms with van der Waals surface area (Å²) in [5.74, 6) is 0.267. The molecule has 0 bridgehead atoms. The second-order valence-corrected chi connectivity index (χ2v) is 5.73. The number of fused-ring (bicyclic) bond motifs is 1. The molecular weight excluding hydrogens is 310 g/mol. The third-order valence-corrected chi connectivity index (χ3v) is 3.93. The zero-order valence-electron chi connectivity index (χ0n) is 10.3. The van der Waals surface area contributed by atoms with Gasteiger partial charge in [0.1, 0.15) is 5.58 Å². The molecule has 0 saturated carbocycles. The highest BCUT2D eigenvalue weighted by atomic mass is 79.9. The molecule has 3 rings (SSSR count). The van der Waals surface area contributed by atoms with Crippen LogP contribution in [0, 0.1) is 0 Å². The minimum absolute atomic E-state index is 0.0979. The van der Waals surface area contributed by atoms with Crippen LogP contribution >= 0.6 is 15.9 Å². The molecule has 2 aromatic rings. The monoisotopic (exact) mass is 323 g/mol. The zero-order valence-corrected chi connectivity index (χ0v) is 11.9. The number of halogens is 1. The lowest BCUT2D eigenvalue weighted by molar-refractivity contribution is 0.0522. The zero-order chi connectivity index (χ0) is 13.4. The summed E-state index contributed by atoms with van der Waals surface area (Å²) in [6.45, 7) is 1.17. The summed E-state index contributed by atoms with van der Waals surface area (Å²) in [6, 6.07) is 7.43. The van der Waals surface area contributed by atoms with Gasteiger partial charge in [0.2, 0.25) is 0 Å². The van der Waals surface area contributed by atoms with Crippen molar-refractivity contribution in [3.63, 3.8) is 0 Å². The predicted octanol–water partition coefficient (Wildman–Crippen LogP) is 2.79. The minimum Gasteiger partial charge on any atom is -0.451 e. The highest BCUT2D eigenvalue weighted by Gasteiger charge is 2.24. The smallest absolute Gasteiger partial charge is 0.289 e. The van der Waals surface area contributed by atoms with Gasteiger partial charge in [-0.2, -0.15) is 0 Å². The number of benzene rings is 1. The topological polar surface area (TPSA) is 53.7 Å². The van der Waals surface area contributed by atoms with Crippen molar-refractivity contribution in [2.45, 2.75) is 18.9 Å². The Morgan fingerprint density at radius 3 is 2.79 bits per heavy atom. The van der Waals surface area contributed by atoms with E-state index in [-0.39, 0.29) is 12.0 Å². The van der Waals surface area contributed by atoms with Crippen molar-refractivity contribution >= 4 is 32.8 Å². The van der Waals surface area contributed by atoms with Gasteiger partial charge in [0.05, 0.1) is 6.10 Å². The number of furan rings is 1. The number of hydrogen-bond acceptors (Lipinski definition) is 3. The van der Waals surface area contributed by atoms with Gasteiger partial charge in [0.25, 0.3) is 5.91 Å². The second kappa shape index (κ2) is 4.98. The van der Waals surface area contributed by atoms with Gasteiger partial charge in [-0.05, 0) is 37.1 Å². The number of carbonyl (C=O) groups excluding carboxylic acids is 1. The minimum atomic E-state index is -0.282. The van der Waals surface area contributed by atoms with E-state index in [1.165, 1.54) is 0 Å². The summed E-state index contributed by atoms with van der Waals surface area (Å²) in [6.07, 6.45) is 0.991. The van der Waals surface area contributed by atoms with E-state index in [0.29, 0.717) is 37.3 Å². The molecule has 1 amide bonds. The number of aliphatic hydroxyl groups is 1. The van der Waals surface area contributed by atoms with Gasteiger partial charge in [-0.25, -0.2) is 0 Å². The average Bonchev–Trinajstić information content (AvgIpc) is 2.81. The average molecular weight is 324 g/mol. The number of carbonyl (C=O) groups is 1. The van der Waals surface area contributed by atoms with E-state index < -0.39 is 0 Å². The van der Waals surface area contributed by atoms with Crippen LogP contribution in [0.4, 0.5) is 0 Å². The lowest BCUT2D eigenvalue weighted by Crippen LogP contribution is -2.39. The fourth-order valence-electron chi connectivity index (χ4n) is 2.34. The number of likely N-dealkylation sites (tertiary alicyclic amines) is 1. The first kappa shape index (κ1) is 12.7.